The molecule has 0 aromatic heterocycles. The zero-order valence-electron chi connectivity index (χ0n) is 11.0. The SMILES string of the molecule is NC(=O)c1ccc(F)cc1NC(=O)Nc1cc(Cl)cc(Br)c1. The van der Waals surface area contributed by atoms with Gasteiger partial charge in [0.1, 0.15) is 5.82 Å². The molecule has 2 rings (SSSR count). The Bertz CT molecular complexity index is 735. The molecule has 114 valence electrons. The maximum Gasteiger partial charge on any atom is 0.323 e. The van der Waals surface area contributed by atoms with Crippen molar-refractivity contribution in [3.05, 3.63) is 57.3 Å². The first-order valence-electron chi connectivity index (χ1n) is 5.98. The van der Waals surface area contributed by atoms with Crippen LogP contribution < -0.4 is 16.4 Å². The minimum absolute atomic E-state index is 0.00354. The number of urea groups is 1. The van der Waals surface area contributed by atoms with Gasteiger partial charge in [-0.3, -0.25) is 4.79 Å². The van der Waals surface area contributed by atoms with Crippen LogP contribution in [0.3, 0.4) is 0 Å². The minimum atomic E-state index is -0.777. The Morgan fingerprint density at radius 2 is 1.86 bits per heavy atom. The molecule has 3 amide bonds. The molecule has 0 aliphatic carbocycles. The van der Waals surface area contributed by atoms with E-state index in [9.17, 15) is 14.0 Å². The van der Waals surface area contributed by atoms with Crippen molar-refractivity contribution in [3.8, 4) is 0 Å². The molecule has 0 saturated heterocycles. The molecule has 4 N–H and O–H groups in total. The molecule has 0 fully saturated rings. The van der Waals surface area contributed by atoms with Gasteiger partial charge in [0.25, 0.3) is 5.91 Å². The Labute approximate surface area is 138 Å². The lowest BCUT2D eigenvalue weighted by Crippen LogP contribution is -2.22. The number of anilines is 2. The number of carbonyl (C=O) groups excluding carboxylic acids is 2. The smallest absolute Gasteiger partial charge is 0.323 e. The molecule has 0 aliphatic heterocycles. The summed E-state index contributed by atoms with van der Waals surface area (Å²) in [5.74, 6) is -1.38. The van der Waals surface area contributed by atoms with E-state index in [1.54, 1.807) is 12.1 Å². The highest BCUT2D eigenvalue weighted by atomic mass is 79.9. The molecule has 8 heteroatoms. The summed E-state index contributed by atoms with van der Waals surface area (Å²) in [4.78, 5) is 23.2. The average molecular weight is 387 g/mol. The van der Waals surface area contributed by atoms with Gasteiger partial charge in [0, 0.05) is 15.2 Å². The Balaban J connectivity index is 2.18. The number of primary amides is 1. The number of amides is 3. The Morgan fingerprint density at radius 3 is 2.50 bits per heavy atom. The molecule has 2 aromatic carbocycles. The fraction of sp³-hybridized carbons (Fsp3) is 0. The molecule has 0 bridgehead atoms. The molecular weight excluding hydrogens is 377 g/mol. The van der Waals surface area contributed by atoms with Crippen LogP contribution in [0.4, 0.5) is 20.6 Å². The highest BCUT2D eigenvalue weighted by Crippen LogP contribution is 2.23. The number of benzene rings is 2. The quantitative estimate of drug-likeness (QED) is 0.745. The number of rotatable bonds is 3. The summed E-state index contributed by atoms with van der Waals surface area (Å²) in [5.41, 5.74) is 5.58. The van der Waals surface area contributed by atoms with E-state index in [0.717, 1.165) is 12.1 Å². The van der Waals surface area contributed by atoms with Crippen molar-refractivity contribution < 1.29 is 14.0 Å². The van der Waals surface area contributed by atoms with Crippen molar-refractivity contribution in [3.63, 3.8) is 0 Å². The Morgan fingerprint density at radius 1 is 1.14 bits per heavy atom. The molecule has 0 atom stereocenters. The topological polar surface area (TPSA) is 84.2 Å². The Kier molecular flexibility index (Phi) is 4.99. The third kappa shape index (κ3) is 4.19. The monoisotopic (exact) mass is 385 g/mol. The van der Waals surface area contributed by atoms with Gasteiger partial charge in [-0.15, -0.1) is 0 Å². The highest BCUT2D eigenvalue weighted by molar-refractivity contribution is 9.10. The molecule has 0 spiro atoms. The van der Waals surface area contributed by atoms with Crippen molar-refractivity contribution in [1.29, 1.82) is 0 Å². The summed E-state index contributed by atoms with van der Waals surface area (Å²) in [6.07, 6.45) is 0. The summed E-state index contributed by atoms with van der Waals surface area (Å²) in [6, 6.07) is 7.44. The van der Waals surface area contributed by atoms with E-state index in [4.69, 9.17) is 17.3 Å². The maximum atomic E-state index is 13.2. The van der Waals surface area contributed by atoms with Crippen molar-refractivity contribution in [2.24, 2.45) is 5.73 Å². The molecule has 22 heavy (non-hydrogen) atoms. The lowest BCUT2D eigenvalue weighted by atomic mass is 10.1. The summed E-state index contributed by atoms with van der Waals surface area (Å²) < 4.78 is 13.9. The van der Waals surface area contributed by atoms with E-state index in [2.05, 4.69) is 26.6 Å². The van der Waals surface area contributed by atoms with Gasteiger partial charge in [-0.2, -0.15) is 0 Å². The van der Waals surface area contributed by atoms with Gasteiger partial charge in [0.05, 0.1) is 11.3 Å². The number of nitrogens with two attached hydrogens (primary N) is 1. The van der Waals surface area contributed by atoms with Gasteiger partial charge in [-0.1, -0.05) is 27.5 Å². The lowest BCUT2D eigenvalue weighted by molar-refractivity contribution is 0.100. The lowest BCUT2D eigenvalue weighted by Gasteiger charge is -2.11. The number of hydrogen-bond acceptors (Lipinski definition) is 2. The summed E-state index contributed by atoms with van der Waals surface area (Å²) >= 11 is 9.11. The van der Waals surface area contributed by atoms with E-state index in [0.29, 0.717) is 15.2 Å². The first-order valence-corrected chi connectivity index (χ1v) is 7.15. The molecule has 0 aliphatic rings. The van der Waals surface area contributed by atoms with Crippen LogP contribution in [0.5, 0.6) is 0 Å². The van der Waals surface area contributed by atoms with Crippen LogP contribution in [0.15, 0.2) is 40.9 Å². The van der Waals surface area contributed by atoms with Gasteiger partial charge in [0.15, 0.2) is 0 Å². The average Bonchev–Trinajstić information content (AvgIpc) is 2.36. The van der Waals surface area contributed by atoms with E-state index >= 15 is 0 Å². The molecule has 5 nitrogen and oxygen atoms in total. The zero-order chi connectivity index (χ0) is 16.3. The van der Waals surface area contributed by atoms with E-state index in [1.165, 1.54) is 12.1 Å². The van der Waals surface area contributed by atoms with E-state index in [-0.39, 0.29) is 11.3 Å². The second-order valence-electron chi connectivity index (χ2n) is 4.29. The predicted octanol–water partition coefficient (Wildman–Crippen LogP) is 3.98. The van der Waals surface area contributed by atoms with Crippen molar-refractivity contribution in [2.75, 3.05) is 10.6 Å². The number of hydrogen-bond donors (Lipinski definition) is 3. The second-order valence-corrected chi connectivity index (χ2v) is 5.64. The van der Waals surface area contributed by atoms with Crippen molar-refractivity contribution in [1.82, 2.24) is 0 Å². The van der Waals surface area contributed by atoms with Gasteiger partial charge in [-0.25, -0.2) is 9.18 Å². The summed E-state index contributed by atoms with van der Waals surface area (Å²) in [5, 5.41) is 5.31. The normalized spacial score (nSPS) is 10.1. The number of halogens is 3. The third-order valence-electron chi connectivity index (χ3n) is 2.62. The predicted molar refractivity (Wildman–Crippen MR) is 86.7 cm³/mol. The van der Waals surface area contributed by atoms with Gasteiger partial charge >= 0.3 is 6.03 Å². The zero-order valence-corrected chi connectivity index (χ0v) is 13.3. The standard InChI is InChI=1S/C14H10BrClFN3O2/c15-7-3-8(16)5-10(4-7)19-14(22)20-12-6-9(17)1-2-11(12)13(18)21/h1-6H,(H2,18,21)(H2,19,20,22). The van der Waals surface area contributed by atoms with Crippen LogP contribution in [-0.4, -0.2) is 11.9 Å². The van der Waals surface area contributed by atoms with Crippen LogP contribution in [0.2, 0.25) is 5.02 Å². The number of carbonyl (C=O) groups is 2. The van der Waals surface area contributed by atoms with Crippen molar-refractivity contribution in [2.45, 2.75) is 0 Å². The van der Waals surface area contributed by atoms with Gasteiger partial charge < -0.3 is 16.4 Å². The molecule has 0 saturated carbocycles. The van der Waals surface area contributed by atoms with Gasteiger partial charge in [0.2, 0.25) is 0 Å². The maximum absolute atomic E-state index is 13.2. The summed E-state index contributed by atoms with van der Waals surface area (Å²) in [6.45, 7) is 0. The number of nitrogens with one attached hydrogen (secondary N) is 2. The third-order valence-corrected chi connectivity index (χ3v) is 3.29. The molecule has 0 radical (unpaired) electrons. The van der Waals surface area contributed by atoms with Crippen molar-refractivity contribution >= 4 is 50.8 Å². The second kappa shape index (κ2) is 6.76. The highest BCUT2D eigenvalue weighted by Gasteiger charge is 2.12. The fourth-order valence-corrected chi connectivity index (χ4v) is 2.61. The molecule has 0 unspecified atom stereocenters. The Hall–Kier alpha value is -2.12. The first-order chi connectivity index (χ1) is 10.3. The van der Waals surface area contributed by atoms with Crippen LogP contribution in [-0.2, 0) is 0 Å². The largest absolute Gasteiger partial charge is 0.366 e. The van der Waals surface area contributed by atoms with Crippen LogP contribution in [0.1, 0.15) is 10.4 Å². The first kappa shape index (κ1) is 16.3. The van der Waals surface area contributed by atoms with E-state index < -0.39 is 17.8 Å². The van der Waals surface area contributed by atoms with E-state index in [1.807, 2.05) is 0 Å². The van der Waals surface area contributed by atoms with Crippen LogP contribution in [0, 0.1) is 5.82 Å². The molecule has 0 heterocycles. The van der Waals surface area contributed by atoms with Crippen LogP contribution in [0.25, 0.3) is 0 Å². The molecular formula is C14H10BrClFN3O2. The molecule has 2 aromatic rings. The van der Waals surface area contributed by atoms with Gasteiger partial charge in [-0.05, 0) is 36.4 Å². The van der Waals surface area contributed by atoms with Crippen LogP contribution >= 0.6 is 27.5 Å². The minimum Gasteiger partial charge on any atom is -0.366 e. The fourth-order valence-electron chi connectivity index (χ4n) is 1.75. The summed E-state index contributed by atoms with van der Waals surface area (Å²) in [7, 11) is 0.